The van der Waals surface area contributed by atoms with E-state index in [9.17, 15) is 14.4 Å². The highest BCUT2D eigenvalue weighted by molar-refractivity contribution is 6.05. The second kappa shape index (κ2) is 10.2. The number of aromatic nitrogens is 1. The highest BCUT2D eigenvalue weighted by atomic mass is 16.2. The van der Waals surface area contributed by atoms with Crippen LogP contribution in [-0.2, 0) is 16.1 Å². The number of hydrogen-bond acceptors (Lipinski definition) is 8. The fourth-order valence-electron chi connectivity index (χ4n) is 6.24. The minimum Gasteiger partial charge on any atom is -0.397 e. The lowest BCUT2D eigenvalue weighted by Gasteiger charge is -2.40. The van der Waals surface area contributed by atoms with Crippen molar-refractivity contribution in [3.05, 3.63) is 47.7 Å². The van der Waals surface area contributed by atoms with Gasteiger partial charge in [-0.2, -0.15) is 0 Å². The van der Waals surface area contributed by atoms with Gasteiger partial charge in [0, 0.05) is 70.0 Å². The average Bonchev–Trinajstić information content (AvgIpc) is 3.25. The monoisotopic (exact) mass is 517 g/mol. The van der Waals surface area contributed by atoms with Gasteiger partial charge in [0.25, 0.3) is 5.91 Å². The molecule has 2 aromatic rings. The van der Waals surface area contributed by atoms with Crippen molar-refractivity contribution in [3.63, 3.8) is 0 Å². The molecule has 1 atom stereocenters. The highest BCUT2D eigenvalue weighted by Crippen LogP contribution is 2.31. The summed E-state index contributed by atoms with van der Waals surface area (Å²) < 4.78 is 0. The summed E-state index contributed by atoms with van der Waals surface area (Å²) >= 11 is 0. The summed E-state index contributed by atoms with van der Waals surface area (Å²) in [4.78, 5) is 50.2. The van der Waals surface area contributed by atoms with Crippen molar-refractivity contribution in [1.82, 2.24) is 20.1 Å². The Morgan fingerprint density at radius 2 is 1.71 bits per heavy atom. The quantitative estimate of drug-likeness (QED) is 0.573. The van der Waals surface area contributed by atoms with E-state index in [1.54, 1.807) is 11.1 Å². The van der Waals surface area contributed by atoms with E-state index < -0.39 is 6.04 Å². The molecule has 0 unspecified atom stereocenters. The molecule has 1 aromatic heterocycles. The summed E-state index contributed by atoms with van der Waals surface area (Å²) in [5, 5.41) is 2.37. The van der Waals surface area contributed by atoms with Gasteiger partial charge in [0.1, 0.15) is 11.9 Å². The SMILES string of the molecule is Nc1ccc(N2CCC(CN3CCN(c4ccc5c(c4)CN([C@H]4CCC(=O)NC4=O)C5=O)CC3)CC2)nc1. The zero-order valence-electron chi connectivity index (χ0n) is 21.6. The Balaban J connectivity index is 0.999. The van der Waals surface area contributed by atoms with E-state index in [1.165, 1.54) is 12.8 Å². The third-order valence-corrected chi connectivity index (χ3v) is 8.47. The van der Waals surface area contributed by atoms with Crippen LogP contribution in [0.4, 0.5) is 17.2 Å². The van der Waals surface area contributed by atoms with Crippen molar-refractivity contribution in [3.8, 4) is 0 Å². The van der Waals surface area contributed by atoms with Gasteiger partial charge in [0.05, 0.1) is 11.9 Å². The number of amides is 3. The van der Waals surface area contributed by atoms with E-state index in [4.69, 9.17) is 5.73 Å². The molecular weight excluding hydrogens is 482 g/mol. The smallest absolute Gasteiger partial charge is 0.255 e. The van der Waals surface area contributed by atoms with E-state index in [2.05, 4.69) is 31.1 Å². The van der Waals surface area contributed by atoms with E-state index in [1.807, 2.05) is 24.3 Å². The third kappa shape index (κ3) is 4.92. The molecular formula is C28H35N7O3. The van der Waals surface area contributed by atoms with Gasteiger partial charge >= 0.3 is 0 Å². The van der Waals surface area contributed by atoms with Crippen LogP contribution in [0.2, 0.25) is 0 Å². The Morgan fingerprint density at radius 3 is 2.42 bits per heavy atom. The molecule has 3 N–H and O–H groups in total. The van der Waals surface area contributed by atoms with E-state index >= 15 is 0 Å². The Morgan fingerprint density at radius 1 is 0.921 bits per heavy atom. The Hall–Kier alpha value is -3.66. The molecule has 6 rings (SSSR count). The van der Waals surface area contributed by atoms with Gasteiger partial charge in [-0.15, -0.1) is 0 Å². The van der Waals surface area contributed by atoms with Crippen LogP contribution in [0.15, 0.2) is 36.5 Å². The maximum absolute atomic E-state index is 13.0. The van der Waals surface area contributed by atoms with Crippen LogP contribution in [0.3, 0.4) is 0 Å². The van der Waals surface area contributed by atoms with Crippen molar-refractivity contribution < 1.29 is 14.4 Å². The van der Waals surface area contributed by atoms with Gasteiger partial charge in [-0.05, 0) is 61.1 Å². The van der Waals surface area contributed by atoms with Crippen molar-refractivity contribution in [2.24, 2.45) is 5.92 Å². The number of piperidine rings is 2. The first-order valence-corrected chi connectivity index (χ1v) is 13.7. The molecule has 1 aromatic carbocycles. The number of benzene rings is 1. The number of nitrogens with one attached hydrogen (secondary N) is 1. The summed E-state index contributed by atoms with van der Waals surface area (Å²) in [6, 6.07) is 9.39. The topological polar surface area (TPSA) is 115 Å². The molecule has 3 fully saturated rings. The Labute approximate surface area is 222 Å². The second-order valence-corrected chi connectivity index (χ2v) is 10.9. The van der Waals surface area contributed by atoms with Crippen molar-refractivity contribution in [2.45, 2.75) is 38.3 Å². The number of carbonyl (C=O) groups excluding carboxylic acids is 3. The molecule has 0 aliphatic carbocycles. The average molecular weight is 518 g/mol. The van der Waals surface area contributed by atoms with Crippen LogP contribution in [0.5, 0.6) is 0 Å². The van der Waals surface area contributed by atoms with E-state index in [0.717, 1.165) is 62.9 Å². The molecule has 0 bridgehead atoms. The summed E-state index contributed by atoms with van der Waals surface area (Å²) in [6.45, 7) is 7.58. The maximum atomic E-state index is 13.0. The van der Waals surface area contributed by atoms with Crippen LogP contribution in [0.25, 0.3) is 0 Å². The normalized spacial score (nSPS) is 23.1. The molecule has 3 amide bonds. The van der Waals surface area contributed by atoms with Crippen LogP contribution in [0.1, 0.15) is 41.6 Å². The lowest BCUT2D eigenvalue weighted by Crippen LogP contribution is -2.52. The molecule has 3 saturated heterocycles. The predicted molar refractivity (Wildman–Crippen MR) is 145 cm³/mol. The first-order valence-electron chi connectivity index (χ1n) is 13.7. The van der Waals surface area contributed by atoms with Crippen LogP contribution < -0.4 is 20.9 Å². The number of carbonyl (C=O) groups is 3. The minimum absolute atomic E-state index is 0.121. The standard InChI is InChI=1S/C28H35N7O3/c29-21-1-5-25(30-16-21)34-9-7-19(8-10-34)17-32-11-13-33(14-12-32)22-2-3-23-20(15-22)18-35(28(23)38)24-4-6-26(36)31-27(24)37/h1-3,5,15-16,19,24H,4,6-14,17-18,29H2,(H,31,36,37)/t24-/m0/s1. The number of fused-ring (bicyclic) bond motifs is 1. The zero-order chi connectivity index (χ0) is 26.2. The Bertz CT molecular complexity index is 1220. The van der Waals surface area contributed by atoms with Gasteiger partial charge in [-0.3, -0.25) is 24.6 Å². The van der Waals surface area contributed by atoms with Crippen LogP contribution in [0, 0.1) is 5.92 Å². The number of nitrogens with zero attached hydrogens (tertiary/aromatic N) is 5. The number of piperazine rings is 1. The molecule has 0 radical (unpaired) electrons. The molecule has 10 nitrogen and oxygen atoms in total. The molecule has 10 heteroatoms. The summed E-state index contributed by atoms with van der Waals surface area (Å²) in [6.07, 6.45) is 4.74. The minimum atomic E-state index is -0.575. The van der Waals surface area contributed by atoms with Crippen molar-refractivity contribution >= 4 is 34.9 Å². The summed E-state index contributed by atoms with van der Waals surface area (Å²) in [7, 11) is 0. The molecule has 4 aliphatic rings. The summed E-state index contributed by atoms with van der Waals surface area (Å²) in [5.74, 6) is 0.964. The maximum Gasteiger partial charge on any atom is 0.255 e. The molecule has 200 valence electrons. The number of pyridine rings is 1. The second-order valence-electron chi connectivity index (χ2n) is 10.9. The molecule has 0 spiro atoms. The van der Waals surface area contributed by atoms with Crippen molar-refractivity contribution in [1.29, 1.82) is 0 Å². The number of rotatable bonds is 5. The van der Waals surface area contributed by atoms with Crippen LogP contribution in [-0.4, -0.2) is 84.4 Å². The first kappa shape index (κ1) is 24.7. The van der Waals surface area contributed by atoms with Crippen LogP contribution >= 0.6 is 0 Å². The number of nitrogen functional groups attached to an aromatic ring is 1. The molecule has 5 heterocycles. The van der Waals surface area contributed by atoms with Gasteiger partial charge < -0.3 is 20.4 Å². The number of anilines is 3. The summed E-state index contributed by atoms with van der Waals surface area (Å²) in [5.41, 5.74) is 9.23. The zero-order valence-corrected chi connectivity index (χ0v) is 21.6. The van der Waals surface area contributed by atoms with Gasteiger partial charge in [0.2, 0.25) is 11.8 Å². The van der Waals surface area contributed by atoms with Gasteiger partial charge in [-0.25, -0.2) is 4.98 Å². The predicted octanol–water partition coefficient (Wildman–Crippen LogP) is 1.46. The fourth-order valence-corrected chi connectivity index (χ4v) is 6.24. The number of hydrogen-bond donors (Lipinski definition) is 2. The lowest BCUT2D eigenvalue weighted by molar-refractivity contribution is -0.136. The molecule has 4 aliphatic heterocycles. The first-order chi connectivity index (χ1) is 18.4. The van der Waals surface area contributed by atoms with E-state index in [0.29, 0.717) is 30.1 Å². The fraction of sp³-hybridized carbons (Fsp3) is 0.500. The molecule has 38 heavy (non-hydrogen) atoms. The number of nitrogens with two attached hydrogens (primary N) is 1. The highest BCUT2D eigenvalue weighted by Gasteiger charge is 2.39. The van der Waals surface area contributed by atoms with Crippen molar-refractivity contribution in [2.75, 3.05) is 61.3 Å². The lowest BCUT2D eigenvalue weighted by atomic mass is 9.96. The van der Waals surface area contributed by atoms with Gasteiger partial charge in [-0.1, -0.05) is 0 Å². The largest absolute Gasteiger partial charge is 0.397 e. The number of imide groups is 1. The Kier molecular flexibility index (Phi) is 6.65. The third-order valence-electron chi connectivity index (χ3n) is 8.47. The van der Waals surface area contributed by atoms with Gasteiger partial charge in [0.15, 0.2) is 0 Å². The molecule has 0 saturated carbocycles. The van der Waals surface area contributed by atoms with E-state index in [-0.39, 0.29) is 24.1 Å².